The zero-order chi connectivity index (χ0) is 13.5. The molecule has 1 N–H and O–H groups in total. The summed E-state index contributed by atoms with van der Waals surface area (Å²) in [6.45, 7) is 10.9. The molecule has 0 aromatic rings. The van der Waals surface area contributed by atoms with Crippen molar-refractivity contribution in [2.75, 3.05) is 13.7 Å². The lowest BCUT2D eigenvalue weighted by Gasteiger charge is -2.37. The van der Waals surface area contributed by atoms with Crippen molar-refractivity contribution in [3.8, 4) is 0 Å². The van der Waals surface area contributed by atoms with Crippen molar-refractivity contribution in [3.05, 3.63) is 0 Å². The quantitative estimate of drug-likeness (QED) is 0.679. The van der Waals surface area contributed by atoms with Crippen LogP contribution in [0.1, 0.15) is 60.3 Å². The van der Waals surface area contributed by atoms with Crippen LogP contribution < -0.4 is 0 Å². The summed E-state index contributed by atoms with van der Waals surface area (Å²) < 4.78 is 11.2. The monoisotopic (exact) mass is 246 g/mol. The highest BCUT2D eigenvalue weighted by Gasteiger charge is 2.36. The van der Waals surface area contributed by atoms with Crippen LogP contribution in [0.15, 0.2) is 0 Å². The summed E-state index contributed by atoms with van der Waals surface area (Å²) in [5, 5.41) is 10.4. The molecule has 1 unspecified atom stereocenters. The second kappa shape index (κ2) is 7.34. The van der Waals surface area contributed by atoms with E-state index in [1.165, 1.54) is 0 Å². The molecule has 104 valence electrons. The predicted molar refractivity (Wildman–Crippen MR) is 71.3 cm³/mol. The minimum absolute atomic E-state index is 0.180. The molecule has 3 nitrogen and oxygen atoms in total. The number of aliphatic hydroxyl groups excluding tert-OH is 1. The average Bonchev–Trinajstić information content (AvgIpc) is 2.33. The third kappa shape index (κ3) is 4.94. The lowest BCUT2D eigenvalue weighted by atomic mass is 9.85. The van der Waals surface area contributed by atoms with E-state index in [1.54, 1.807) is 7.11 Å². The molecule has 0 aliphatic rings. The summed E-state index contributed by atoms with van der Waals surface area (Å²) in [5.41, 5.74) is -0.570. The van der Waals surface area contributed by atoms with Crippen LogP contribution in [0.4, 0.5) is 0 Å². The summed E-state index contributed by atoms with van der Waals surface area (Å²) >= 11 is 0. The van der Waals surface area contributed by atoms with Gasteiger partial charge in [-0.25, -0.2) is 0 Å². The van der Waals surface area contributed by atoms with Gasteiger partial charge in [0, 0.05) is 13.7 Å². The number of rotatable bonds is 9. The van der Waals surface area contributed by atoms with Crippen molar-refractivity contribution >= 4 is 0 Å². The predicted octanol–water partition coefficient (Wildman–Crippen LogP) is 3.15. The average molecular weight is 246 g/mol. The molecular weight excluding hydrogens is 216 g/mol. The van der Waals surface area contributed by atoms with Gasteiger partial charge in [0.05, 0.1) is 17.3 Å². The van der Waals surface area contributed by atoms with E-state index in [2.05, 4.69) is 13.8 Å². The maximum Gasteiger partial charge on any atom is 0.0934 e. The van der Waals surface area contributed by atoms with Crippen LogP contribution in [0.3, 0.4) is 0 Å². The number of ether oxygens (including phenoxy) is 2. The first kappa shape index (κ1) is 16.9. The van der Waals surface area contributed by atoms with Crippen molar-refractivity contribution in [1.82, 2.24) is 0 Å². The SMILES string of the molecule is CCOC(CC)(CC)C(O)CCC(C)(C)OC. The van der Waals surface area contributed by atoms with E-state index in [0.29, 0.717) is 13.0 Å². The molecule has 0 bridgehead atoms. The Morgan fingerprint density at radius 3 is 2.00 bits per heavy atom. The van der Waals surface area contributed by atoms with E-state index in [4.69, 9.17) is 9.47 Å². The van der Waals surface area contributed by atoms with E-state index < -0.39 is 11.7 Å². The van der Waals surface area contributed by atoms with Gasteiger partial charge in [0.1, 0.15) is 0 Å². The Balaban J connectivity index is 4.47. The van der Waals surface area contributed by atoms with E-state index in [0.717, 1.165) is 19.3 Å². The Morgan fingerprint density at radius 2 is 1.65 bits per heavy atom. The fourth-order valence-electron chi connectivity index (χ4n) is 2.16. The first-order valence-corrected chi connectivity index (χ1v) is 6.74. The third-order valence-corrected chi connectivity index (χ3v) is 3.81. The Bertz CT molecular complexity index is 198. The molecule has 0 spiro atoms. The highest BCUT2D eigenvalue weighted by atomic mass is 16.5. The molecule has 17 heavy (non-hydrogen) atoms. The number of hydrogen-bond donors (Lipinski definition) is 1. The Hall–Kier alpha value is -0.120. The molecule has 0 radical (unpaired) electrons. The standard InChI is InChI=1S/C14H30O3/c1-7-14(8-2,17-9-3)12(15)10-11-13(4,5)16-6/h12,15H,7-11H2,1-6H3. The maximum atomic E-state index is 10.4. The molecule has 0 heterocycles. The van der Waals surface area contributed by atoms with Gasteiger partial charge in [0.15, 0.2) is 0 Å². The second-order valence-electron chi connectivity index (χ2n) is 5.22. The van der Waals surface area contributed by atoms with Gasteiger partial charge < -0.3 is 14.6 Å². The molecule has 0 rings (SSSR count). The van der Waals surface area contributed by atoms with E-state index in [1.807, 2.05) is 20.8 Å². The van der Waals surface area contributed by atoms with Crippen molar-refractivity contribution < 1.29 is 14.6 Å². The zero-order valence-electron chi connectivity index (χ0n) is 12.4. The van der Waals surface area contributed by atoms with Gasteiger partial charge in [-0.15, -0.1) is 0 Å². The first-order valence-electron chi connectivity index (χ1n) is 6.74. The van der Waals surface area contributed by atoms with Crippen LogP contribution in [-0.4, -0.2) is 36.1 Å². The number of aliphatic hydroxyl groups is 1. The van der Waals surface area contributed by atoms with Crippen LogP contribution in [0.2, 0.25) is 0 Å². The highest BCUT2D eigenvalue weighted by molar-refractivity contribution is 4.87. The summed E-state index contributed by atoms with van der Waals surface area (Å²) in [6.07, 6.45) is 2.80. The van der Waals surface area contributed by atoms with Crippen LogP contribution in [0.5, 0.6) is 0 Å². The molecule has 0 aromatic heterocycles. The fraction of sp³-hybridized carbons (Fsp3) is 1.00. The van der Waals surface area contributed by atoms with Gasteiger partial charge in [0.2, 0.25) is 0 Å². The van der Waals surface area contributed by atoms with Crippen LogP contribution >= 0.6 is 0 Å². The van der Waals surface area contributed by atoms with Crippen molar-refractivity contribution in [2.45, 2.75) is 77.6 Å². The number of methoxy groups -OCH3 is 1. The largest absolute Gasteiger partial charge is 0.390 e. The minimum Gasteiger partial charge on any atom is -0.390 e. The summed E-state index contributed by atoms with van der Waals surface area (Å²) in [7, 11) is 1.71. The van der Waals surface area contributed by atoms with Gasteiger partial charge in [-0.2, -0.15) is 0 Å². The van der Waals surface area contributed by atoms with Crippen LogP contribution in [0, 0.1) is 0 Å². The van der Waals surface area contributed by atoms with E-state index >= 15 is 0 Å². The van der Waals surface area contributed by atoms with Crippen LogP contribution in [0.25, 0.3) is 0 Å². The summed E-state index contributed by atoms with van der Waals surface area (Å²) in [5.74, 6) is 0. The first-order chi connectivity index (χ1) is 7.87. The van der Waals surface area contributed by atoms with Gasteiger partial charge in [-0.3, -0.25) is 0 Å². The van der Waals surface area contributed by atoms with Gasteiger partial charge in [0.25, 0.3) is 0 Å². The molecule has 0 amide bonds. The van der Waals surface area contributed by atoms with Crippen LogP contribution in [-0.2, 0) is 9.47 Å². The zero-order valence-corrected chi connectivity index (χ0v) is 12.4. The van der Waals surface area contributed by atoms with Gasteiger partial charge in [-0.05, 0) is 46.5 Å². The van der Waals surface area contributed by atoms with E-state index in [9.17, 15) is 5.11 Å². The molecule has 0 fully saturated rings. The highest BCUT2D eigenvalue weighted by Crippen LogP contribution is 2.29. The van der Waals surface area contributed by atoms with Crippen molar-refractivity contribution in [3.63, 3.8) is 0 Å². The van der Waals surface area contributed by atoms with E-state index in [-0.39, 0.29) is 5.60 Å². The topological polar surface area (TPSA) is 38.7 Å². The lowest BCUT2D eigenvalue weighted by Crippen LogP contribution is -2.45. The molecule has 3 heteroatoms. The van der Waals surface area contributed by atoms with Gasteiger partial charge in [-0.1, -0.05) is 13.8 Å². The Kier molecular flexibility index (Phi) is 7.29. The second-order valence-corrected chi connectivity index (χ2v) is 5.22. The molecular formula is C14H30O3. The van der Waals surface area contributed by atoms with Crippen molar-refractivity contribution in [1.29, 1.82) is 0 Å². The molecule has 0 aliphatic carbocycles. The number of hydrogen-bond acceptors (Lipinski definition) is 3. The molecule has 0 saturated carbocycles. The fourth-order valence-corrected chi connectivity index (χ4v) is 2.16. The maximum absolute atomic E-state index is 10.4. The normalized spacial score (nSPS) is 15.0. The molecule has 0 aromatic carbocycles. The smallest absolute Gasteiger partial charge is 0.0934 e. The molecule has 1 atom stereocenters. The summed E-state index contributed by atoms with van der Waals surface area (Å²) in [6, 6.07) is 0. The lowest BCUT2D eigenvalue weighted by molar-refractivity contribution is -0.132. The van der Waals surface area contributed by atoms with Gasteiger partial charge >= 0.3 is 0 Å². The Labute approximate surface area is 107 Å². The van der Waals surface area contributed by atoms with Crippen molar-refractivity contribution in [2.24, 2.45) is 0 Å². The third-order valence-electron chi connectivity index (χ3n) is 3.81. The summed E-state index contributed by atoms with van der Waals surface area (Å²) in [4.78, 5) is 0. The minimum atomic E-state index is -0.424. The molecule has 0 saturated heterocycles. The Morgan fingerprint density at radius 1 is 1.12 bits per heavy atom. The molecule has 0 aliphatic heterocycles.